The van der Waals surface area contributed by atoms with Crippen LogP contribution in [-0.4, -0.2) is 30.8 Å². The van der Waals surface area contributed by atoms with E-state index in [0.717, 1.165) is 31.3 Å². The van der Waals surface area contributed by atoms with E-state index in [1.165, 1.54) is 10.9 Å². The number of fused-ring (bicyclic) bond motifs is 1. The zero-order valence-electron chi connectivity index (χ0n) is 13.3. The van der Waals surface area contributed by atoms with Crippen LogP contribution in [0.2, 0.25) is 0 Å². The van der Waals surface area contributed by atoms with Gasteiger partial charge in [0.25, 0.3) is 0 Å². The molecular weight excluding hydrogens is 260 g/mol. The molecule has 2 rings (SSSR count). The summed E-state index contributed by atoms with van der Waals surface area (Å²) in [6.45, 7) is 5.31. The summed E-state index contributed by atoms with van der Waals surface area (Å²) >= 11 is 0. The molecule has 21 heavy (non-hydrogen) atoms. The third kappa shape index (κ3) is 4.02. The monoisotopic (exact) mass is 286 g/mol. The Hall–Kier alpha value is -1.45. The van der Waals surface area contributed by atoms with Crippen molar-refractivity contribution in [2.24, 2.45) is 0 Å². The van der Waals surface area contributed by atoms with Gasteiger partial charge in [0.15, 0.2) is 0 Å². The Morgan fingerprint density at radius 2 is 2.00 bits per heavy atom. The highest BCUT2D eigenvalue weighted by atomic mass is 16.5. The van der Waals surface area contributed by atoms with Crippen molar-refractivity contribution in [1.29, 1.82) is 0 Å². The van der Waals surface area contributed by atoms with E-state index in [9.17, 15) is 0 Å². The van der Waals surface area contributed by atoms with Gasteiger partial charge in [-0.1, -0.05) is 38.5 Å². The molecular formula is C18H26N2O. The van der Waals surface area contributed by atoms with Crippen LogP contribution in [0.25, 0.3) is 10.9 Å². The number of methoxy groups -OCH3 is 1. The number of hydrogen-bond acceptors (Lipinski definition) is 3. The maximum Gasteiger partial charge on any atom is 0.0727 e. The number of benzene rings is 1. The molecule has 0 aliphatic carbocycles. The van der Waals surface area contributed by atoms with Crippen LogP contribution in [0.4, 0.5) is 0 Å². The van der Waals surface area contributed by atoms with Gasteiger partial charge in [-0.15, -0.1) is 0 Å². The van der Waals surface area contributed by atoms with Gasteiger partial charge in [0.2, 0.25) is 0 Å². The molecule has 0 bridgehead atoms. The summed E-state index contributed by atoms with van der Waals surface area (Å²) in [4.78, 5) is 4.44. The first-order chi connectivity index (χ1) is 10.3. The molecule has 0 radical (unpaired) electrons. The van der Waals surface area contributed by atoms with Gasteiger partial charge in [-0.3, -0.25) is 4.98 Å². The average Bonchev–Trinajstić information content (AvgIpc) is 2.52. The molecule has 2 atom stereocenters. The molecule has 2 unspecified atom stereocenters. The van der Waals surface area contributed by atoms with Crippen LogP contribution < -0.4 is 5.32 Å². The lowest BCUT2D eigenvalue weighted by Gasteiger charge is -2.27. The van der Waals surface area contributed by atoms with Crippen molar-refractivity contribution < 1.29 is 4.74 Å². The number of aromatic nitrogens is 1. The molecule has 2 aromatic rings. The van der Waals surface area contributed by atoms with Crippen LogP contribution in [0.5, 0.6) is 0 Å². The summed E-state index contributed by atoms with van der Waals surface area (Å²) in [5, 5.41) is 4.83. The first-order valence-corrected chi connectivity index (χ1v) is 7.88. The molecule has 3 heteroatoms. The van der Waals surface area contributed by atoms with E-state index in [-0.39, 0.29) is 6.10 Å². The van der Waals surface area contributed by atoms with Gasteiger partial charge in [0.05, 0.1) is 11.6 Å². The molecule has 1 N–H and O–H groups in total. The molecule has 0 aliphatic heterocycles. The van der Waals surface area contributed by atoms with Crippen LogP contribution in [-0.2, 0) is 11.2 Å². The van der Waals surface area contributed by atoms with Gasteiger partial charge in [-0.05, 0) is 37.1 Å². The van der Waals surface area contributed by atoms with E-state index in [2.05, 4.69) is 48.4 Å². The van der Waals surface area contributed by atoms with E-state index < -0.39 is 0 Å². The minimum Gasteiger partial charge on any atom is -0.380 e. The Morgan fingerprint density at radius 1 is 1.19 bits per heavy atom. The van der Waals surface area contributed by atoms with Crippen molar-refractivity contribution in [3.8, 4) is 0 Å². The topological polar surface area (TPSA) is 34.1 Å². The highest BCUT2D eigenvalue weighted by molar-refractivity contribution is 5.81. The predicted octanol–water partition coefficient (Wildman–Crippen LogP) is 3.57. The van der Waals surface area contributed by atoms with Crippen LogP contribution in [0.15, 0.2) is 36.5 Å². The maximum absolute atomic E-state index is 5.71. The molecule has 0 saturated carbocycles. The Labute approximate surface area is 127 Å². The molecule has 1 heterocycles. The first-order valence-electron chi connectivity index (χ1n) is 7.88. The fourth-order valence-electron chi connectivity index (χ4n) is 2.94. The van der Waals surface area contributed by atoms with Gasteiger partial charge < -0.3 is 10.1 Å². The number of pyridine rings is 1. The number of ether oxygens (including phenoxy) is 1. The summed E-state index contributed by atoms with van der Waals surface area (Å²) in [5.41, 5.74) is 2.40. The number of para-hydroxylation sites is 1. The van der Waals surface area contributed by atoms with E-state index in [4.69, 9.17) is 4.74 Å². The summed E-state index contributed by atoms with van der Waals surface area (Å²) in [6.07, 6.45) is 5.34. The lowest BCUT2D eigenvalue weighted by atomic mass is 9.96. The number of hydrogen-bond donors (Lipinski definition) is 1. The molecule has 0 fully saturated rings. The van der Waals surface area contributed by atoms with Crippen LogP contribution >= 0.6 is 0 Å². The summed E-state index contributed by atoms with van der Waals surface area (Å²) in [7, 11) is 1.81. The van der Waals surface area contributed by atoms with Crippen molar-refractivity contribution >= 4 is 10.9 Å². The summed E-state index contributed by atoms with van der Waals surface area (Å²) in [5.74, 6) is 0. The molecule has 1 aromatic carbocycles. The molecule has 0 spiro atoms. The van der Waals surface area contributed by atoms with Gasteiger partial charge in [-0.2, -0.15) is 0 Å². The van der Waals surface area contributed by atoms with Crippen molar-refractivity contribution in [2.45, 2.75) is 45.3 Å². The van der Waals surface area contributed by atoms with Crippen LogP contribution in [0.3, 0.4) is 0 Å². The van der Waals surface area contributed by atoms with Crippen molar-refractivity contribution in [3.05, 3.63) is 42.1 Å². The number of nitrogens with one attached hydrogen (secondary N) is 1. The summed E-state index contributed by atoms with van der Waals surface area (Å²) in [6, 6.07) is 10.8. The zero-order valence-corrected chi connectivity index (χ0v) is 13.3. The third-order valence-corrected chi connectivity index (χ3v) is 3.97. The normalized spacial score (nSPS) is 14.2. The second kappa shape index (κ2) is 8.11. The van der Waals surface area contributed by atoms with Crippen LogP contribution in [0.1, 0.15) is 32.3 Å². The smallest absolute Gasteiger partial charge is 0.0727 e. The van der Waals surface area contributed by atoms with Crippen molar-refractivity contribution in [3.63, 3.8) is 0 Å². The molecule has 0 amide bonds. The van der Waals surface area contributed by atoms with E-state index in [1.54, 1.807) is 0 Å². The first kappa shape index (κ1) is 15.9. The highest BCUT2D eigenvalue weighted by Gasteiger charge is 2.20. The number of rotatable bonds is 8. The minimum absolute atomic E-state index is 0.252. The fraction of sp³-hybridized carbons (Fsp3) is 0.500. The van der Waals surface area contributed by atoms with Gasteiger partial charge in [0.1, 0.15) is 0 Å². The van der Waals surface area contributed by atoms with E-state index >= 15 is 0 Å². The van der Waals surface area contributed by atoms with Crippen molar-refractivity contribution in [2.75, 3.05) is 13.7 Å². The van der Waals surface area contributed by atoms with Crippen molar-refractivity contribution in [1.82, 2.24) is 10.3 Å². The standard InChI is InChI=1S/C18H26N2O/c1-4-8-18(21-3)17(19-5-2)13-14-11-12-20-16-10-7-6-9-15(14)16/h6-7,9-12,17-19H,4-5,8,13H2,1-3H3. The molecule has 0 saturated heterocycles. The zero-order chi connectivity index (χ0) is 15.1. The number of nitrogens with zero attached hydrogens (tertiary/aromatic N) is 1. The van der Waals surface area contributed by atoms with Gasteiger partial charge >= 0.3 is 0 Å². The summed E-state index contributed by atoms with van der Waals surface area (Å²) < 4.78 is 5.71. The Bertz CT molecular complexity index is 550. The molecule has 3 nitrogen and oxygen atoms in total. The molecule has 1 aromatic heterocycles. The van der Waals surface area contributed by atoms with Gasteiger partial charge in [0, 0.05) is 24.7 Å². The Morgan fingerprint density at radius 3 is 2.71 bits per heavy atom. The highest BCUT2D eigenvalue weighted by Crippen LogP contribution is 2.20. The van der Waals surface area contributed by atoms with E-state index in [1.807, 2.05) is 19.4 Å². The molecule has 0 aliphatic rings. The van der Waals surface area contributed by atoms with Gasteiger partial charge in [-0.25, -0.2) is 0 Å². The Kier molecular flexibility index (Phi) is 6.15. The minimum atomic E-state index is 0.252. The largest absolute Gasteiger partial charge is 0.380 e. The average molecular weight is 286 g/mol. The third-order valence-electron chi connectivity index (χ3n) is 3.97. The lowest BCUT2D eigenvalue weighted by molar-refractivity contribution is 0.0615. The number of likely N-dealkylation sites (N-methyl/N-ethyl adjacent to an activating group) is 1. The fourth-order valence-corrected chi connectivity index (χ4v) is 2.94. The molecule has 114 valence electrons. The van der Waals surface area contributed by atoms with E-state index in [0.29, 0.717) is 6.04 Å². The SMILES string of the molecule is CCCC(OC)C(Cc1ccnc2ccccc12)NCC. The second-order valence-electron chi connectivity index (χ2n) is 5.42. The quantitative estimate of drug-likeness (QED) is 0.805. The predicted molar refractivity (Wildman–Crippen MR) is 88.6 cm³/mol. The maximum atomic E-state index is 5.71. The Balaban J connectivity index is 2.25. The van der Waals surface area contributed by atoms with Crippen LogP contribution in [0, 0.1) is 0 Å². The lowest BCUT2D eigenvalue weighted by Crippen LogP contribution is -2.42. The second-order valence-corrected chi connectivity index (χ2v) is 5.42.